The zero-order valence-electron chi connectivity index (χ0n) is 12.8. The molecule has 7 nitrogen and oxygen atoms in total. The van der Waals surface area contributed by atoms with E-state index in [0.29, 0.717) is 5.92 Å². The number of aliphatic hydroxyl groups excluding tert-OH is 1. The van der Waals surface area contributed by atoms with Crippen LogP contribution < -0.4 is 0 Å². The van der Waals surface area contributed by atoms with Gasteiger partial charge in [-0.3, -0.25) is 8.96 Å². The summed E-state index contributed by atoms with van der Waals surface area (Å²) in [5, 5.41) is 16.5. The Bertz CT molecular complexity index is 914. The fourth-order valence-corrected chi connectivity index (χ4v) is 5.36. The molecular formula is C16H16N6OS. The van der Waals surface area contributed by atoms with Crippen molar-refractivity contribution in [3.63, 3.8) is 0 Å². The molecule has 4 heterocycles. The highest BCUT2D eigenvalue weighted by Crippen LogP contribution is 2.55. The standard InChI is InChI=1S/C16H16N6OS/c23-16(12-6-19-21(9-12)13-2-1-5-17-7-13)24-15(11-3-4-11)20-14-8-18-10-22(14)24/h1-2,5-11,16,23-24H,3-4H2. The third-order valence-corrected chi connectivity index (χ3v) is 6.75. The Morgan fingerprint density at radius 1 is 1.21 bits per heavy atom. The summed E-state index contributed by atoms with van der Waals surface area (Å²) < 4.78 is 3.76. The van der Waals surface area contributed by atoms with Crippen LogP contribution in [0.3, 0.4) is 0 Å². The first-order valence-corrected chi connectivity index (χ1v) is 9.21. The van der Waals surface area contributed by atoms with E-state index < -0.39 is 16.5 Å². The van der Waals surface area contributed by atoms with E-state index in [9.17, 15) is 5.11 Å². The number of thiol groups is 1. The quantitative estimate of drug-likeness (QED) is 0.715. The van der Waals surface area contributed by atoms with Gasteiger partial charge in [0.15, 0.2) is 5.82 Å². The highest BCUT2D eigenvalue weighted by molar-refractivity contribution is 8.29. The van der Waals surface area contributed by atoms with Crippen LogP contribution in [-0.4, -0.2) is 33.9 Å². The second-order valence-electron chi connectivity index (χ2n) is 5.99. The minimum absolute atomic E-state index is 0.513. The summed E-state index contributed by atoms with van der Waals surface area (Å²) >= 11 is -0.967. The molecule has 24 heavy (non-hydrogen) atoms. The van der Waals surface area contributed by atoms with E-state index in [4.69, 9.17) is 4.99 Å². The highest BCUT2D eigenvalue weighted by Gasteiger charge is 2.39. The van der Waals surface area contributed by atoms with Gasteiger partial charge in [-0.05, 0) is 25.0 Å². The van der Waals surface area contributed by atoms with Crippen LogP contribution in [0.4, 0.5) is 5.82 Å². The number of aliphatic hydroxyl groups is 1. The maximum Gasteiger partial charge on any atom is 0.162 e. The van der Waals surface area contributed by atoms with Crippen molar-refractivity contribution in [1.29, 1.82) is 0 Å². The van der Waals surface area contributed by atoms with Gasteiger partial charge in [-0.2, -0.15) is 5.10 Å². The number of hydrogen-bond acceptors (Lipinski definition) is 5. The molecular weight excluding hydrogens is 324 g/mol. The minimum atomic E-state index is -0.967. The Balaban J connectivity index is 1.49. The van der Waals surface area contributed by atoms with E-state index in [0.717, 1.165) is 35.0 Å². The third kappa shape index (κ3) is 2.18. The molecule has 5 rings (SSSR count). The average Bonchev–Trinajstić information content (AvgIpc) is 3.04. The van der Waals surface area contributed by atoms with Crippen LogP contribution in [0.25, 0.3) is 5.69 Å². The van der Waals surface area contributed by atoms with Crippen molar-refractivity contribution < 1.29 is 5.11 Å². The van der Waals surface area contributed by atoms with Gasteiger partial charge in [0.05, 0.1) is 29.3 Å². The molecule has 1 aliphatic heterocycles. The van der Waals surface area contributed by atoms with Gasteiger partial charge in [0.1, 0.15) is 11.8 Å². The molecule has 0 aromatic carbocycles. The van der Waals surface area contributed by atoms with Crippen LogP contribution in [0.5, 0.6) is 0 Å². The SMILES string of the molecule is OC(c1cnn(-c2cccnc2)c1)[SH]1C(C2CC2)=Nc2cncn21. The van der Waals surface area contributed by atoms with E-state index in [2.05, 4.69) is 15.1 Å². The molecule has 0 saturated heterocycles. The Morgan fingerprint density at radius 3 is 2.92 bits per heavy atom. The van der Waals surface area contributed by atoms with Gasteiger partial charge in [0.25, 0.3) is 0 Å². The summed E-state index contributed by atoms with van der Waals surface area (Å²) in [4.78, 5) is 13.0. The number of fused-ring (bicyclic) bond motifs is 1. The second-order valence-corrected chi connectivity index (χ2v) is 8.06. The first kappa shape index (κ1) is 13.9. The first-order chi connectivity index (χ1) is 11.8. The normalized spacial score (nSPS) is 22.2. The average molecular weight is 340 g/mol. The Labute approximate surface area is 141 Å². The van der Waals surface area contributed by atoms with Crippen LogP contribution in [-0.2, 0) is 0 Å². The van der Waals surface area contributed by atoms with E-state index in [-0.39, 0.29) is 0 Å². The Hall–Kier alpha value is -2.45. The predicted octanol–water partition coefficient (Wildman–Crippen LogP) is 2.37. The molecule has 8 heteroatoms. The molecule has 0 radical (unpaired) electrons. The molecule has 1 fully saturated rings. The van der Waals surface area contributed by atoms with E-state index in [1.165, 1.54) is 0 Å². The molecule has 1 saturated carbocycles. The zero-order chi connectivity index (χ0) is 16.1. The molecule has 0 amide bonds. The molecule has 2 aliphatic rings. The number of nitrogens with zero attached hydrogens (tertiary/aromatic N) is 6. The lowest BCUT2D eigenvalue weighted by Gasteiger charge is -2.25. The summed E-state index contributed by atoms with van der Waals surface area (Å²) in [6.45, 7) is 0. The molecule has 122 valence electrons. The van der Waals surface area contributed by atoms with Gasteiger partial charge in [0.2, 0.25) is 0 Å². The molecule has 2 atom stereocenters. The highest BCUT2D eigenvalue weighted by atomic mass is 32.2. The second kappa shape index (κ2) is 5.29. The van der Waals surface area contributed by atoms with Gasteiger partial charge >= 0.3 is 0 Å². The molecule has 1 N–H and O–H groups in total. The number of imidazole rings is 1. The van der Waals surface area contributed by atoms with Gasteiger partial charge in [-0.15, -0.1) is 0 Å². The van der Waals surface area contributed by atoms with Crippen LogP contribution in [0.2, 0.25) is 0 Å². The number of rotatable bonds is 4. The van der Waals surface area contributed by atoms with Crippen LogP contribution >= 0.6 is 11.1 Å². The van der Waals surface area contributed by atoms with Crippen LogP contribution in [0.1, 0.15) is 23.8 Å². The molecule has 3 aromatic heterocycles. The minimum Gasteiger partial charge on any atom is -0.378 e. The molecule has 0 bridgehead atoms. The Kier molecular flexibility index (Phi) is 3.07. The third-order valence-electron chi connectivity index (χ3n) is 4.28. The number of aliphatic imine (C=N–C) groups is 1. The first-order valence-electron chi connectivity index (χ1n) is 7.85. The van der Waals surface area contributed by atoms with Crippen molar-refractivity contribution >= 4 is 21.9 Å². The lowest BCUT2D eigenvalue weighted by Crippen LogP contribution is -2.11. The summed E-state index contributed by atoms with van der Waals surface area (Å²) in [7, 11) is 0. The number of aromatic nitrogens is 5. The summed E-state index contributed by atoms with van der Waals surface area (Å²) in [6.07, 6.45) is 12.9. The van der Waals surface area contributed by atoms with Crippen molar-refractivity contribution in [2.24, 2.45) is 10.9 Å². The van der Waals surface area contributed by atoms with Crippen molar-refractivity contribution in [2.45, 2.75) is 18.3 Å². The summed E-state index contributed by atoms with van der Waals surface area (Å²) in [6, 6.07) is 3.80. The van der Waals surface area contributed by atoms with Gasteiger partial charge in [0, 0.05) is 23.9 Å². The zero-order valence-corrected chi connectivity index (χ0v) is 13.7. The van der Waals surface area contributed by atoms with E-state index in [1.807, 2.05) is 22.3 Å². The van der Waals surface area contributed by atoms with Crippen molar-refractivity contribution in [3.05, 3.63) is 55.0 Å². The maximum absolute atomic E-state index is 11.0. The number of hydrogen-bond donors (Lipinski definition) is 2. The fourth-order valence-electron chi connectivity index (χ4n) is 2.91. The van der Waals surface area contributed by atoms with Gasteiger partial charge in [-0.25, -0.2) is 14.7 Å². The van der Waals surface area contributed by atoms with Gasteiger partial charge in [-0.1, -0.05) is 11.1 Å². The van der Waals surface area contributed by atoms with Crippen molar-refractivity contribution in [3.8, 4) is 5.69 Å². The summed E-state index contributed by atoms with van der Waals surface area (Å²) in [5.41, 5.74) is 1.02. The lowest BCUT2D eigenvalue weighted by atomic mass is 10.4. The molecule has 1 aliphatic carbocycles. The van der Waals surface area contributed by atoms with Crippen molar-refractivity contribution in [2.75, 3.05) is 0 Å². The smallest absolute Gasteiger partial charge is 0.162 e. The lowest BCUT2D eigenvalue weighted by molar-refractivity contribution is 0.268. The van der Waals surface area contributed by atoms with Crippen LogP contribution in [0.15, 0.2) is 54.4 Å². The van der Waals surface area contributed by atoms with E-state index in [1.54, 1.807) is 35.8 Å². The van der Waals surface area contributed by atoms with Crippen LogP contribution in [0, 0.1) is 5.92 Å². The van der Waals surface area contributed by atoms with Crippen molar-refractivity contribution in [1.82, 2.24) is 23.7 Å². The molecule has 3 aromatic rings. The number of pyridine rings is 1. The largest absolute Gasteiger partial charge is 0.378 e. The fraction of sp³-hybridized carbons (Fsp3) is 0.250. The molecule has 0 spiro atoms. The topological polar surface area (TPSA) is 81.1 Å². The Morgan fingerprint density at radius 2 is 2.12 bits per heavy atom. The van der Waals surface area contributed by atoms with E-state index >= 15 is 0 Å². The molecule has 2 unspecified atom stereocenters. The maximum atomic E-state index is 11.0. The van der Waals surface area contributed by atoms with Gasteiger partial charge < -0.3 is 5.11 Å². The summed E-state index contributed by atoms with van der Waals surface area (Å²) in [5.74, 6) is 1.36. The monoisotopic (exact) mass is 340 g/mol. The predicted molar refractivity (Wildman–Crippen MR) is 92.7 cm³/mol.